The summed E-state index contributed by atoms with van der Waals surface area (Å²) in [6, 6.07) is 7.77. The summed E-state index contributed by atoms with van der Waals surface area (Å²) in [6.07, 6.45) is 1.31. The first-order chi connectivity index (χ1) is 7.50. The molecular weight excluding hydrogens is 198 g/mol. The van der Waals surface area contributed by atoms with Crippen molar-refractivity contribution in [3.05, 3.63) is 29.8 Å². The van der Waals surface area contributed by atoms with Crippen LogP contribution in [0.4, 0.5) is 0 Å². The standard InChI is InChI=1S/C14H21NO/c1-10(12-6-4-5-7-13(12)16)15-9-11-8-14(11,2)3/h4-7,10-11,15-16H,8-9H2,1-3H3. The second kappa shape index (κ2) is 4.10. The summed E-state index contributed by atoms with van der Waals surface area (Å²) >= 11 is 0. The molecule has 0 heterocycles. The van der Waals surface area contributed by atoms with Crippen molar-refractivity contribution < 1.29 is 5.11 Å². The maximum atomic E-state index is 9.72. The SMILES string of the molecule is CC(NCC1CC1(C)C)c1ccccc1O. The minimum Gasteiger partial charge on any atom is -0.508 e. The van der Waals surface area contributed by atoms with Crippen molar-refractivity contribution in [1.29, 1.82) is 0 Å². The van der Waals surface area contributed by atoms with Crippen molar-refractivity contribution in [2.75, 3.05) is 6.54 Å². The molecule has 2 nitrogen and oxygen atoms in total. The van der Waals surface area contributed by atoms with Crippen LogP contribution in [-0.4, -0.2) is 11.7 Å². The van der Waals surface area contributed by atoms with Crippen LogP contribution in [0.5, 0.6) is 5.75 Å². The van der Waals surface area contributed by atoms with E-state index in [-0.39, 0.29) is 6.04 Å². The molecule has 0 radical (unpaired) electrons. The van der Waals surface area contributed by atoms with Gasteiger partial charge in [0, 0.05) is 11.6 Å². The van der Waals surface area contributed by atoms with Crippen LogP contribution >= 0.6 is 0 Å². The van der Waals surface area contributed by atoms with E-state index in [4.69, 9.17) is 0 Å². The molecule has 88 valence electrons. The van der Waals surface area contributed by atoms with E-state index in [1.54, 1.807) is 6.07 Å². The van der Waals surface area contributed by atoms with E-state index in [0.717, 1.165) is 18.0 Å². The number of para-hydroxylation sites is 1. The van der Waals surface area contributed by atoms with Gasteiger partial charge in [0.1, 0.15) is 5.75 Å². The minimum atomic E-state index is 0.220. The van der Waals surface area contributed by atoms with E-state index in [1.807, 2.05) is 18.2 Å². The second-order valence-corrected chi connectivity index (χ2v) is 5.58. The van der Waals surface area contributed by atoms with Gasteiger partial charge in [-0.1, -0.05) is 32.0 Å². The molecule has 2 rings (SSSR count). The van der Waals surface area contributed by atoms with Crippen molar-refractivity contribution in [2.24, 2.45) is 11.3 Å². The Bertz CT molecular complexity index is 373. The number of aromatic hydroxyl groups is 1. The van der Waals surface area contributed by atoms with Gasteiger partial charge >= 0.3 is 0 Å². The topological polar surface area (TPSA) is 32.3 Å². The minimum absolute atomic E-state index is 0.220. The van der Waals surface area contributed by atoms with Crippen molar-refractivity contribution in [2.45, 2.75) is 33.2 Å². The fraction of sp³-hybridized carbons (Fsp3) is 0.571. The monoisotopic (exact) mass is 219 g/mol. The van der Waals surface area contributed by atoms with Crippen LogP contribution in [0.3, 0.4) is 0 Å². The third-order valence-electron chi connectivity index (χ3n) is 3.79. The van der Waals surface area contributed by atoms with Gasteiger partial charge in [-0.05, 0) is 37.3 Å². The van der Waals surface area contributed by atoms with Crippen molar-refractivity contribution in [1.82, 2.24) is 5.32 Å². The summed E-state index contributed by atoms with van der Waals surface area (Å²) in [5.41, 5.74) is 1.51. The third-order valence-corrected chi connectivity index (χ3v) is 3.79. The maximum Gasteiger partial charge on any atom is 0.120 e. The molecule has 16 heavy (non-hydrogen) atoms. The number of rotatable bonds is 4. The second-order valence-electron chi connectivity index (χ2n) is 5.58. The zero-order valence-corrected chi connectivity index (χ0v) is 10.3. The number of phenols is 1. The molecule has 1 aromatic rings. The molecule has 1 saturated carbocycles. The van der Waals surface area contributed by atoms with Crippen LogP contribution < -0.4 is 5.32 Å². The van der Waals surface area contributed by atoms with E-state index in [0.29, 0.717) is 11.2 Å². The van der Waals surface area contributed by atoms with Crippen LogP contribution in [0.1, 0.15) is 38.8 Å². The Morgan fingerprint density at radius 2 is 2.06 bits per heavy atom. The molecule has 2 atom stereocenters. The van der Waals surface area contributed by atoms with E-state index >= 15 is 0 Å². The Morgan fingerprint density at radius 3 is 2.62 bits per heavy atom. The number of hydrogen-bond donors (Lipinski definition) is 2. The average Bonchev–Trinajstić information content (AvgIpc) is 2.84. The molecule has 2 heteroatoms. The predicted octanol–water partition coefficient (Wildman–Crippen LogP) is 3.09. The Balaban J connectivity index is 1.89. The molecule has 1 fully saturated rings. The normalized spacial score (nSPS) is 24.1. The number of phenolic OH excluding ortho intramolecular Hbond substituents is 1. The lowest BCUT2D eigenvalue weighted by Crippen LogP contribution is -2.22. The van der Waals surface area contributed by atoms with E-state index < -0.39 is 0 Å². The predicted molar refractivity (Wildman–Crippen MR) is 66.4 cm³/mol. The van der Waals surface area contributed by atoms with Gasteiger partial charge in [0.25, 0.3) is 0 Å². The maximum absolute atomic E-state index is 9.72. The summed E-state index contributed by atoms with van der Waals surface area (Å²) in [6.45, 7) is 7.76. The highest BCUT2D eigenvalue weighted by Crippen LogP contribution is 2.51. The smallest absolute Gasteiger partial charge is 0.120 e. The Morgan fingerprint density at radius 1 is 1.44 bits per heavy atom. The molecule has 1 aliphatic rings. The fourth-order valence-corrected chi connectivity index (χ4v) is 2.21. The zero-order valence-electron chi connectivity index (χ0n) is 10.3. The van der Waals surface area contributed by atoms with E-state index in [2.05, 4.69) is 26.1 Å². The summed E-state index contributed by atoms with van der Waals surface area (Å²) in [7, 11) is 0. The first kappa shape index (κ1) is 11.5. The van der Waals surface area contributed by atoms with E-state index in [1.165, 1.54) is 6.42 Å². The van der Waals surface area contributed by atoms with Gasteiger partial charge in [0.15, 0.2) is 0 Å². The summed E-state index contributed by atoms with van der Waals surface area (Å²) in [4.78, 5) is 0. The van der Waals surface area contributed by atoms with Crippen molar-refractivity contribution in [3.63, 3.8) is 0 Å². The number of benzene rings is 1. The van der Waals surface area contributed by atoms with Crippen LogP contribution in [0.2, 0.25) is 0 Å². The van der Waals surface area contributed by atoms with Gasteiger partial charge in [-0.3, -0.25) is 0 Å². The summed E-state index contributed by atoms with van der Waals surface area (Å²) < 4.78 is 0. The van der Waals surface area contributed by atoms with E-state index in [9.17, 15) is 5.11 Å². The van der Waals surface area contributed by atoms with Crippen LogP contribution in [0.25, 0.3) is 0 Å². The molecule has 0 amide bonds. The lowest BCUT2D eigenvalue weighted by Gasteiger charge is -2.16. The lowest BCUT2D eigenvalue weighted by atomic mass is 10.1. The Labute approximate surface area is 97.7 Å². The molecule has 0 saturated heterocycles. The third kappa shape index (κ3) is 2.38. The first-order valence-electron chi connectivity index (χ1n) is 6.02. The van der Waals surface area contributed by atoms with Gasteiger partial charge in [-0.15, -0.1) is 0 Å². The van der Waals surface area contributed by atoms with Crippen molar-refractivity contribution >= 4 is 0 Å². The Kier molecular flexibility index (Phi) is 2.94. The molecular formula is C14H21NO. The summed E-state index contributed by atoms with van der Waals surface area (Å²) in [5, 5.41) is 13.2. The molecule has 2 N–H and O–H groups in total. The Hall–Kier alpha value is -1.02. The molecule has 0 aromatic heterocycles. The van der Waals surface area contributed by atoms with Crippen LogP contribution in [0.15, 0.2) is 24.3 Å². The van der Waals surface area contributed by atoms with Gasteiger partial charge in [-0.25, -0.2) is 0 Å². The molecule has 0 bridgehead atoms. The number of nitrogens with one attached hydrogen (secondary N) is 1. The highest BCUT2D eigenvalue weighted by Gasteiger charge is 2.44. The molecule has 1 aliphatic carbocycles. The van der Waals surface area contributed by atoms with Crippen molar-refractivity contribution in [3.8, 4) is 5.75 Å². The zero-order chi connectivity index (χ0) is 11.8. The summed E-state index contributed by atoms with van der Waals surface area (Å²) in [5.74, 6) is 1.18. The molecule has 2 unspecified atom stereocenters. The van der Waals surface area contributed by atoms with Gasteiger partial charge in [0.05, 0.1) is 0 Å². The highest BCUT2D eigenvalue weighted by atomic mass is 16.3. The van der Waals surface area contributed by atoms with Crippen LogP contribution in [0, 0.1) is 11.3 Å². The largest absolute Gasteiger partial charge is 0.508 e. The van der Waals surface area contributed by atoms with Gasteiger partial charge < -0.3 is 10.4 Å². The lowest BCUT2D eigenvalue weighted by molar-refractivity contribution is 0.442. The average molecular weight is 219 g/mol. The molecule has 0 aliphatic heterocycles. The molecule has 0 spiro atoms. The fourth-order valence-electron chi connectivity index (χ4n) is 2.21. The van der Waals surface area contributed by atoms with Crippen LogP contribution in [-0.2, 0) is 0 Å². The quantitative estimate of drug-likeness (QED) is 0.815. The number of hydrogen-bond acceptors (Lipinski definition) is 2. The van der Waals surface area contributed by atoms with Gasteiger partial charge in [0.2, 0.25) is 0 Å². The van der Waals surface area contributed by atoms with Gasteiger partial charge in [-0.2, -0.15) is 0 Å². The highest BCUT2D eigenvalue weighted by molar-refractivity contribution is 5.34. The molecule has 1 aromatic carbocycles. The first-order valence-corrected chi connectivity index (χ1v) is 6.02.